The highest BCUT2D eigenvalue weighted by Gasteiger charge is 2.21. The molecule has 110 valence electrons. The molecule has 0 aromatic heterocycles. The number of amides is 1. The van der Waals surface area contributed by atoms with Gasteiger partial charge in [-0.15, -0.1) is 0 Å². The van der Waals surface area contributed by atoms with E-state index in [2.05, 4.69) is 11.4 Å². The van der Waals surface area contributed by atoms with Crippen LogP contribution in [0, 0.1) is 19.8 Å². The number of carbonyl (C=O) groups excluding carboxylic acids is 1. The summed E-state index contributed by atoms with van der Waals surface area (Å²) in [6.07, 6.45) is 1.91. The number of hydrogen-bond acceptors (Lipinski definition) is 2. The van der Waals surface area contributed by atoms with Crippen LogP contribution in [-0.4, -0.2) is 37.1 Å². The molecule has 0 radical (unpaired) electrons. The first-order valence-electron chi connectivity index (χ1n) is 7.24. The Kier molecular flexibility index (Phi) is 5.12. The summed E-state index contributed by atoms with van der Waals surface area (Å²) in [5.74, 6) is 0.0779. The summed E-state index contributed by atoms with van der Waals surface area (Å²) in [6, 6.07) is 5.97. The molecule has 1 aliphatic rings. The molecule has 1 aromatic rings. The van der Waals surface area contributed by atoms with Crippen LogP contribution >= 0.6 is 0 Å². The summed E-state index contributed by atoms with van der Waals surface area (Å²) in [6.45, 7) is 5.67. The standard InChI is InChI=1S/C16H23FN2O/c1-12-5-6-15(13(2)8-12)18-16(20)11-19-7-3-4-14(9-17)10-19/h5-6,8,14H,3-4,7,9-11H2,1-2H3,(H,18,20). The Morgan fingerprint density at radius 3 is 2.95 bits per heavy atom. The van der Waals surface area contributed by atoms with Gasteiger partial charge in [-0.2, -0.15) is 0 Å². The molecule has 1 heterocycles. The molecule has 1 unspecified atom stereocenters. The molecule has 1 N–H and O–H groups in total. The zero-order valence-corrected chi connectivity index (χ0v) is 12.3. The average Bonchev–Trinajstić information content (AvgIpc) is 2.42. The topological polar surface area (TPSA) is 32.3 Å². The van der Waals surface area contributed by atoms with E-state index in [1.807, 2.05) is 30.9 Å². The van der Waals surface area contributed by atoms with Crippen molar-refractivity contribution >= 4 is 11.6 Å². The lowest BCUT2D eigenvalue weighted by molar-refractivity contribution is -0.117. The fraction of sp³-hybridized carbons (Fsp3) is 0.562. The van der Waals surface area contributed by atoms with Crippen LogP contribution in [0.25, 0.3) is 0 Å². The molecular formula is C16H23FN2O. The van der Waals surface area contributed by atoms with Crippen molar-refractivity contribution in [3.8, 4) is 0 Å². The predicted octanol–water partition coefficient (Wildman–Crippen LogP) is 2.92. The second-order valence-corrected chi connectivity index (χ2v) is 5.76. The van der Waals surface area contributed by atoms with Crippen molar-refractivity contribution in [2.75, 3.05) is 31.6 Å². The van der Waals surface area contributed by atoms with E-state index in [1.165, 1.54) is 5.56 Å². The lowest BCUT2D eigenvalue weighted by Crippen LogP contribution is -2.41. The maximum atomic E-state index is 12.7. The van der Waals surface area contributed by atoms with Gasteiger partial charge in [0.25, 0.3) is 0 Å². The number of anilines is 1. The molecule has 0 saturated carbocycles. The number of halogens is 1. The lowest BCUT2D eigenvalue weighted by Gasteiger charge is -2.30. The molecular weight excluding hydrogens is 255 g/mol. The van der Waals surface area contributed by atoms with Crippen molar-refractivity contribution in [1.29, 1.82) is 0 Å². The van der Waals surface area contributed by atoms with Gasteiger partial charge < -0.3 is 5.32 Å². The number of alkyl halides is 1. The van der Waals surface area contributed by atoms with Gasteiger partial charge in [-0.1, -0.05) is 17.7 Å². The van der Waals surface area contributed by atoms with Gasteiger partial charge in [0.1, 0.15) is 0 Å². The lowest BCUT2D eigenvalue weighted by atomic mass is 9.99. The van der Waals surface area contributed by atoms with Crippen LogP contribution in [0.3, 0.4) is 0 Å². The first-order chi connectivity index (χ1) is 9.58. The zero-order valence-electron chi connectivity index (χ0n) is 12.3. The number of nitrogens with one attached hydrogen (secondary N) is 1. The van der Waals surface area contributed by atoms with E-state index in [9.17, 15) is 9.18 Å². The highest BCUT2D eigenvalue weighted by atomic mass is 19.1. The number of piperidine rings is 1. The highest BCUT2D eigenvalue weighted by molar-refractivity contribution is 5.93. The van der Waals surface area contributed by atoms with Crippen molar-refractivity contribution in [1.82, 2.24) is 4.90 Å². The minimum absolute atomic E-state index is 0.0172. The molecule has 0 bridgehead atoms. The number of likely N-dealkylation sites (tertiary alicyclic amines) is 1. The first kappa shape index (κ1) is 15.0. The summed E-state index contributed by atoms with van der Waals surface area (Å²) < 4.78 is 12.7. The summed E-state index contributed by atoms with van der Waals surface area (Å²) in [7, 11) is 0. The van der Waals surface area contributed by atoms with Crippen LogP contribution in [0.4, 0.5) is 10.1 Å². The fourth-order valence-corrected chi connectivity index (χ4v) is 2.77. The fourth-order valence-electron chi connectivity index (χ4n) is 2.77. The van der Waals surface area contributed by atoms with E-state index in [1.54, 1.807) is 0 Å². The molecule has 4 heteroatoms. The van der Waals surface area contributed by atoms with Crippen LogP contribution in [0.1, 0.15) is 24.0 Å². The quantitative estimate of drug-likeness (QED) is 0.918. The zero-order chi connectivity index (χ0) is 14.5. The molecule has 3 nitrogen and oxygen atoms in total. The van der Waals surface area contributed by atoms with Gasteiger partial charge in [-0.3, -0.25) is 14.1 Å². The maximum Gasteiger partial charge on any atom is 0.238 e. The molecule has 1 atom stereocenters. The van der Waals surface area contributed by atoms with Gasteiger partial charge in [-0.05, 0) is 44.9 Å². The molecule has 20 heavy (non-hydrogen) atoms. The molecule has 0 aliphatic carbocycles. The van der Waals surface area contributed by atoms with Crippen LogP contribution in [0.2, 0.25) is 0 Å². The van der Waals surface area contributed by atoms with E-state index in [-0.39, 0.29) is 18.5 Å². The molecule has 1 amide bonds. The second-order valence-electron chi connectivity index (χ2n) is 5.76. The number of hydrogen-bond donors (Lipinski definition) is 1. The third-order valence-corrected chi connectivity index (χ3v) is 3.84. The number of benzene rings is 1. The Morgan fingerprint density at radius 2 is 2.25 bits per heavy atom. The van der Waals surface area contributed by atoms with Crippen LogP contribution in [0.5, 0.6) is 0 Å². The van der Waals surface area contributed by atoms with Crippen LogP contribution in [-0.2, 0) is 4.79 Å². The van der Waals surface area contributed by atoms with E-state index in [4.69, 9.17) is 0 Å². The molecule has 0 spiro atoms. The highest BCUT2D eigenvalue weighted by Crippen LogP contribution is 2.18. The number of aryl methyl sites for hydroxylation is 2. The van der Waals surface area contributed by atoms with Gasteiger partial charge >= 0.3 is 0 Å². The van der Waals surface area contributed by atoms with Gasteiger partial charge in [0.15, 0.2) is 0 Å². The predicted molar refractivity (Wildman–Crippen MR) is 79.7 cm³/mol. The maximum absolute atomic E-state index is 12.7. The average molecular weight is 278 g/mol. The van der Waals surface area contributed by atoms with Crippen LogP contribution in [0.15, 0.2) is 18.2 Å². The van der Waals surface area contributed by atoms with Gasteiger partial charge in [0, 0.05) is 18.2 Å². The third-order valence-electron chi connectivity index (χ3n) is 3.84. The number of carbonyl (C=O) groups is 1. The summed E-state index contributed by atoms with van der Waals surface area (Å²) in [4.78, 5) is 14.1. The molecule has 1 saturated heterocycles. The smallest absolute Gasteiger partial charge is 0.238 e. The van der Waals surface area contributed by atoms with E-state index >= 15 is 0 Å². The van der Waals surface area contributed by atoms with Crippen molar-refractivity contribution in [3.63, 3.8) is 0 Å². The second kappa shape index (κ2) is 6.84. The Balaban J connectivity index is 1.88. The monoisotopic (exact) mass is 278 g/mol. The summed E-state index contributed by atoms with van der Waals surface area (Å²) >= 11 is 0. The Hall–Kier alpha value is -1.42. The van der Waals surface area contributed by atoms with E-state index in [0.29, 0.717) is 13.1 Å². The van der Waals surface area contributed by atoms with E-state index in [0.717, 1.165) is 30.6 Å². The number of nitrogens with zero attached hydrogens (tertiary/aromatic N) is 1. The SMILES string of the molecule is Cc1ccc(NC(=O)CN2CCCC(CF)C2)c(C)c1. The minimum Gasteiger partial charge on any atom is -0.325 e. The first-order valence-corrected chi connectivity index (χ1v) is 7.24. The molecule has 2 rings (SSSR count). The van der Waals surface area contributed by atoms with Crippen molar-refractivity contribution in [2.24, 2.45) is 5.92 Å². The van der Waals surface area contributed by atoms with Gasteiger partial charge in [0.2, 0.25) is 5.91 Å². The van der Waals surface area contributed by atoms with Crippen molar-refractivity contribution < 1.29 is 9.18 Å². The largest absolute Gasteiger partial charge is 0.325 e. The Labute approximate surface area is 120 Å². The van der Waals surface area contributed by atoms with E-state index < -0.39 is 0 Å². The molecule has 1 aliphatic heterocycles. The van der Waals surface area contributed by atoms with Crippen molar-refractivity contribution in [3.05, 3.63) is 29.3 Å². The summed E-state index contributed by atoms with van der Waals surface area (Å²) in [5.41, 5.74) is 3.11. The van der Waals surface area contributed by atoms with Gasteiger partial charge in [0.05, 0.1) is 13.2 Å². The number of rotatable bonds is 4. The molecule has 1 aromatic carbocycles. The van der Waals surface area contributed by atoms with Crippen LogP contribution < -0.4 is 5.32 Å². The molecule has 1 fully saturated rings. The van der Waals surface area contributed by atoms with Gasteiger partial charge in [-0.25, -0.2) is 0 Å². The van der Waals surface area contributed by atoms with Crippen molar-refractivity contribution in [2.45, 2.75) is 26.7 Å². The minimum atomic E-state index is -0.283. The Morgan fingerprint density at radius 1 is 1.45 bits per heavy atom. The Bertz CT molecular complexity index is 476. The third kappa shape index (κ3) is 4.04. The summed E-state index contributed by atoms with van der Waals surface area (Å²) in [5, 5.41) is 2.94. The normalized spacial score (nSPS) is 19.9.